The molecule has 0 unspecified atom stereocenters. The molecule has 1 saturated heterocycles. The molecule has 0 saturated carbocycles. The van der Waals surface area contributed by atoms with Gasteiger partial charge >= 0.3 is 5.97 Å². The Bertz CT molecular complexity index is 744. The van der Waals surface area contributed by atoms with Gasteiger partial charge in [0.15, 0.2) is 16.4 Å². The Morgan fingerprint density at radius 3 is 2.58 bits per heavy atom. The molecule has 2 rings (SSSR count). The van der Waals surface area contributed by atoms with E-state index in [2.05, 4.69) is 0 Å². The summed E-state index contributed by atoms with van der Waals surface area (Å²) in [5.74, 6) is -2.11. The van der Waals surface area contributed by atoms with Crippen LogP contribution in [0.15, 0.2) is 18.2 Å². The normalized spacial score (nSPS) is 19.0. The van der Waals surface area contributed by atoms with Crippen LogP contribution in [0.5, 0.6) is 11.5 Å². The molecule has 0 aromatic heterocycles. The first-order valence-electron chi connectivity index (χ1n) is 7.42. The number of benzene rings is 1. The van der Waals surface area contributed by atoms with Crippen molar-refractivity contribution in [3.63, 3.8) is 0 Å². The zero-order valence-electron chi connectivity index (χ0n) is 13.1. The third-order valence-electron chi connectivity index (χ3n) is 3.84. The highest BCUT2D eigenvalue weighted by molar-refractivity contribution is 7.91. The smallest absolute Gasteiger partial charge is 0.342 e. The molecule has 24 heavy (non-hydrogen) atoms. The minimum Gasteiger partial charge on any atom is -0.508 e. The summed E-state index contributed by atoms with van der Waals surface area (Å²) < 4.78 is 27.9. The fourth-order valence-corrected chi connectivity index (χ4v) is 4.37. The molecular weight excluding hydrogens is 338 g/mol. The molecule has 1 atom stereocenters. The zero-order chi connectivity index (χ0) is 17.9. The first-order valence-corrected chi connectivity index (χ1v) is 9.24. The fourth-order valence-electron chi connectivity index (χ4n) is 2.64. The molecule has 1 aromatic rings. The number of carbonyl (C=O) groups is 2. The summed E-state index contributed by atoms with van der Waals surface area (Å²) in [6.07, 6.45) is 0.370. The monoisotopic (exact) mass is 357 g/mol. The van der Waals surface area contributed by atoms with Crippen LogP contribution in [0, 0.1) is 0 Å². The summed E-state index contributed by atoms with van der Waals surface area (Å²) in [7, 11) is -3.13. The van der Waals surface area contributed by atoms with Crippen molar-refractivity contribution >= 4 is 21.7 Å². The second kappa shape index (κ2) is 7.08. The molecule has 1 aliphatic heterocycles. The maximum absolute atomic E-state index is 12.2. The zero-order valence-corrected chi connectivity index (χ0v) is 14.0. The lowest BCUT2D eigenvalue weighted by atomic mass is 10.2. The second-order valence-corrected chi connectivity index (χ2v) is 7.74. The molecule has 1 aliphatic rings. The van der Waals surface area contributed by atoms with Crippen LogP contribution in [0.3, 0.4) is 0 Å². The van der Waals surface area contributed by atoms with Crippen molar-refractivity contribution in [2.75, 3.05) is 24.7 Å². The number of rotatable bonds is 5. The molecule has 9 heteroatoms. The maximum Gasteiger partial charge on any atom is 0.342 e. The van der Waals surface area contributed by atoms with Crippen LogP contribution in [0.1, 0.15) is 23.7 Å². The van der Waals surface area contributed by atoms with Crippen molar-refractivity contribution in [2.24, 2.45) is 0 Å². The van der Waals surface area contributed by atoms with Gasteiger partial charge in [-0.25, -0.2) is 13.2 Å². The van der Waals surface area contributed by atoms with Gasteiger partial charge in [0.1, 0.15) is 17.1 Å². The van der Waals surface area contributed by atoms with E-state index in [1.165, 1.54) is 17.0 Å². The molecule has 132 valence electrons. The minimum atomic E-state index is -3.13. The van der Waals surface area contributed by atoms with E-state index in [9.17, 15) is 28.2 Å². The molecule has 1 fully saturated rings. The molecule has 1 amide bonds. The van der Waals surface area contributed by atoms with Gasteiger partial charge in [-0.05, 0) is 25.5 Å². The first-order chi connectivity index (χ1) is 11.2. The molecule has 0 aliphatic carbocycles. The number of nitrogens with zero attached hydrogens (tertiary/aromatic N) is 1. The number of hydrogen-bond acceptors (Lipinski definition) is 7. The van der Waals surface area contributed by atoms with E-state index in [1.54, 1.807) is 6.92 Å². The Labute approximate surface area is 139 Å². The predicted octanol–water partition coefficient (Wildman–Crippen LogP) is 0.290. The van der Waals surface area contributed by atoms with Gasteiger partial charge in [-0.1, -0.05) is 0 Å². The van der Waals surface area contributed by atoms with Crippen LogP contribution in [0.4, 0.5) is 0 Å². The molecule has 0 spiro atoms. The molecule has 0 radical (unpaired) electrons. The van der Waals surface area contributed by atoms with Crippen LogP contribution in [0.2, 0.25) is 0 Å². The van der Waals surface area contributed by atoms with Crippen LogP contribution < -0.4 is 0 Å². The summed E-state index contributed by atoms with van der Waals surface area (Å²) in [6, 6.07) is 2.96. The first kappa shape index (κ1) is 18.1. The number of phenols is 2. The van der Waals surface area contributed by atoms with Gasteiger partial charge in [0, 0.05) is 18.7 Å². The third kappa shape index (κ3) is 4.16. The highest BCUT2D eigenvalue weighted by Crippen LogP contribution is 2.23. The molecule has 0 bridgehead atoms. The topological polar surface area (TPSA) is 121 Å². The van der Waals surface area contributed by atoms with Gasteiger partial charge in [-0.15, -0.1) is 0 Å². The second-order valence-electron chi connectivity index (χ2n) is 5.51. The number of carbonyl (C=O) groups excluding carboxylic acids is 2. The Kier molecular flexibility index (Phi) is 5.33. The van der Waals surface area contributed by atoms with Crippen LogP contribution in [-0.2, 0) is 19.4 Å². The lowest BCUT2D eigenvalue weighted by molar-refractivity contribution is -0.136. The highest BCUT2D eigenvalue weighted by Gasteiger charge is 2.34. The van der Waals surface area contributed by atoms with Gasteiger partial charge < -0.3 is 19.8 Å². The van der Waals surface area contributed by atoms with Crippen molar-refractivity contribution in [2.45, 2.75) is 19.4 Å². The molecule has 1 heterocycles. The molecular formula is C15H19NO7S. The average Bonchev–Trinajstić information content (AvgIpc) is 2.85. The third-order valence-corrected chi connectivity index (χ3v) is 5.59. The SMILES string of the molecule is CCN(C(=O)COC(=O)c1ccc(O)cc1O)[C@H]1CCS(=O)(=O)C1. The van der Waals surface area contributed by atoms with E-state index < -0.39 is 40.1 Å². The highest BCUT2D eigenvalue weighted by atomic mass is 32.2. The average molecular weight is 357 g/mol. The summed E-state index contributed by atoms with van der Waals surface area (Å²) >= 11 is 0. The number of phenolic OH excluding ortho intramolecular Hbond substituents is 2. The largest absolute Gasteiger partial charge is 0.508 e. The number of ether oxygens (including phenoxy) is 1. The molecule has 8 nitrogen and oxygen atoms in total. The van der Waals surface area contributed by atoms with E-state index in [4.69, 9.17) is 4.74 Å². The maximum atomic E-state index is 12.2. The van der Waals surface area contributed by atoms with Crippen LogP contribution in [0.25, 0.3) is 0 Å². The predicted molar refractivity (Wildman–Crippen MR) is 84.5 cm³/mol. The van der Waals surface area contributed by atoms with E-state index in [-0.39, 0.29) is 22.8 Å². The fraction of sp³-hybridized carbons (Fsp3) is 0.467. The van der Waals surface area contributed by atoms with Gasteiger partial charge in [0.2, 0.25) is 0 Å². The van der Waals surface area contributed by atoms with Crippen molar-refractivity contribution in [3.05, 3.63) is 23.8 Å². The Morgan fingerprint density at radius 1 is 1.33 bits per heavy atom. The van der Waals surface area contributed by atoms with E-state index in [0.717, 1.165) is 6.07 Å². The van der Waals surface area contributed by atoms with Gasteiger partial charge in [0.25, 0.3) is 5.91 Å². The van der Waals surface area contributed by atoms with Crippen LogP contribution >= 0.6 is 0 Å². The molecule has 1 aromatic carbocycles. The van der Waals surface area contributed by atoms with Crippen molar-refractivity contribution < 1.29 is 33.0 Å². The molecule has 2 N–H and O–H groups in total. The van der Waals surface area contributed by atoms with Crippen molar-refractivity contribution in [1.82, 2.24) is 4.90 Å². The Balaban J connectivity index is 1.97. The lowest BCUT2D eigenvalue weighted by Gasteiger charge is -2.26. The number of sulfone groups is 1. The van der Waals surface area contributed by atoms with Gasteiger partial charge in [-0.2, -0.15) is 0 Å². The Hall–Kier alpha value is -2.29. The van der Waals surface area contributed by atoms with E-state index in [0.29, 0.717) is 13.0 Å². The number of esters is 1. The van der Waals surface area contributed by atoms with E-state index >= 15 is 0 Å². The van der Waals surface area contributed by atoms with Gasteiger partial charge in [-0.3, -0.25) is 4.79 Å². The number of hydrogen-bond donors (Lipinski definition) is 2. The van der Waals surface area contributed by atoms with Crippen molar-refractivity contribution in [1.29, 1.82) is 0 Å². The van der Waals surface area contributed by atoms with Gasteiger partial charge in [0.05, 0.1) is 11.5 Å². The minimum absolute atomic E-state index is 0.0443. The Morgan fingerprint density at radius 2 is 2.04 bits per heavy atom. The standard InChI is InChI=1S/C15H19NO7S/c1-2-16(10-5-6-24(21,22)9-10)14(19)8-23-15(20)12-4-3-11(17)7-13(12)18/h3-4,7,10,17-18H,2,5-6,8-9H2,1H3/t10-/m0/s1. The van der Waals surface area contributed by atoms with E-state index in [1.807, 2.05) is 0 Å². The van der Waals surface area contributed by atoms with Crippen molar-refractivity contribution in [3.8, 4) is 11.5 Å². The van der Waals surface area contributed by atoms with Crippen LogP contribution in [-0.4, -0.2) is 66.1 Å². The number of aromatic hydroxyl groups is 2. The quantitative estimate of drug-likeness (QED) is 0.726. The lowest BCUT2D eigenvalue weighted by Crippen LogP contribution is -2.43. The number of amides is 1. The number of likely N-dealkylation sites (N-methyl/N-ethyl adjacent to an activating group) is 1. The summed E-state index contributed by atoms with van der Waals surface area (Å²) in [4.78, 5) is 25.5. The summed E-state index contributed by atoms with van der Waals surface area (Å²) in [5.41, 5.74) is -0.174. The summed E-state index contributed by atoms with van der Waals surface area (Å²) in [5, 5.41) is 18.8. The summed E-state index contributed by atoms with van der Waals surface area (Å²) in [6.45, 7) is 1.47.